The van der Waals surface area contributed by atoms with Gasteiger partial charge in [0.2, 0.25) is 0 Å². The Morgan fingerprint density at radius 2 is 1.96 bits per heavy atom. The van der Waals surface area contributed by atoms with Gasteiger partial charge in [-0.15, -0.1) is 0 Å². The highest BCUT2D eigenvalue weighted by Crippen LogP contribution is 2.18. The number of benzene rings is 1. The van der Waals surface area contributed by atoms with Crippen molar-refractivity contribution in [2.45, 2.75) is 18.7 Å². The number of amides is 1. The van der Waals surface area contributed by atoms with Gasteiger partial charge in [-0.25, -0.2) is 13.2 Å². The van der Waals surface area contributed by atoms with E-state index in [9.17, 15) is 18.0 Å². The van der Waals surface area contributed by atoms with E-state index >= 15 is 0 Å². The fraction of sp³-hybridized carbons (Fsp3) is 0.556. The van der Waals surface area contributed by atoms with Crippen LogP contribution in [0.2, 0.25) is 0 Å². The lowest BCUT2D eigenvalue weighted by Crippen LogP contribution is -2.60. The normalized spacial score (nSPS) is 25.7. The third-order valence-electron chi connectivity index (χ3n) is 4.86. The molecule has 9 heteroatoms. The van der Waals surface area contributed by atoms with Crippen LogP contribution < -0.4 is 0 Å². The average molecular weight is 396 g/mol. The zero-order chi connectivity index (χ0) is 19.4. The molecule has 2 unspecified atom stereocenters. The minimum absolute atomic E-state index is 0.0283. The molecule has 2 saturated heterocycles. The minimum atomic E-state index is -3.38. The summed E-state index contributed by atoms with van der Waals surface area (Å²) >= 11 is 0. The highest BCUT2D eigenvalue weighted by molar-refractivity contribution is 7.91. The van der Waals surface area contributed by atoms with Crippen LogP contribution >= 0.6 is 0 Å². The first-order valence-electron chi connectivity index (χ1n) is 8.86. The van der Waals surface area contributed by atoms with Crippen LogP contribution in [0.3, 0.4) is 0 Å². The first kappa shape index (κ1) is 19.8. The molecule has 0 radical (unpaired) electrons. The Bertz CT molecular complexity index is 782. The summed E-state index contributed by atoms with van der Waals surface area (Å²) in [7, 11) is -2.20. The smallest absolute Gasteiger partial charge is 0.329 e. The second-order valence-electron chi connectivity index (χ2n) is 6.77. The van der Waals surface area contributed by atoms with Crippen molar-refractivity contribution < 1.29 is 27.5 Å². The molecule has 27 heavy (non-hydrogen) atoms. The Morgan fingerprint density at radius 1 is 1.22 bits per heavy atom. The quantitative estimate of drug-likeness (QED) is 0.644. The highest BCUT2D eigenvalue weighted by Gasteiger charge is 2.42. The summed E-state index contributed by atoms with van der Waals surface area (Å²) in [5.41, 5.74) is 1.14. The number of carbonyl (C=O) groups is 2. The fourth-order valence-electron chi connectivity index (χ4n) is 3.42. The van der Waals surface area contributed by atoms with Crippen molar-refractivity contribution in [2.24, 2.45) is 0 Å². The van der Waals surface area contributed by atoms with Crippen LogP contribution in [0.5, 0.6) is 0 Å². The van der Waals surface area contributed by atoms with Gasteiger partial charge in [0, 0.05) is 26.2 Å². The molecule has 2 aliphatic rings. The number of hydrogen-bond donors (Lipinski definition) is 0. The molecule has 1 aromatic rings. The molecule has 148 valence electrons. The monoisotopic (exact) mass is 396 g/mol. The van der Waals surface area contributed by atoms with Crippen LogP contribution in [0.25, 0.3) is 0 Å². The Balaban J connectivity index is 1.69. The summed E-state index contributed by atoms with van der Waals surface area (Å²) in [6, 6.07) is 8.81. The Kier molecular flexibility index (Phi) is 6.13. The standard InChI is InChI=1S/C18H24N2O6S/c1-25-18(22)15-13-27(23,24)10-8-20(15)17(21)16-12-19(7-9-26-16)11-14-5-3-2-4-6-14/h2-6,15-16H,7-13H2,1H3. The summed E-state index contributed by atoms with van der Waals surface area (Å²) in [5.74, 6) is -1.65. The van der Waals surface area contributed by atoms with Crippen molar-refractivity contribution in [3.8, 4) is 0 Å². The maximum absolute atomic E-state index is 13.0. The average Bonchev–Trinajstić information content (AvgIpc) is 2.67. The van der Waals surface area contributed by atoms with Gasteiger partial charge in [0.1, 0.15) is 12.1 Å². The molecule has 0 aliphatic carbocycles. The van der Waals surface area contributed by atoms with Gasteiger partial charge in [-0.2, -0.15) is 0 Å². The van der Waals surface area contributed by atoms with Crippen molar-refractivity contribution in [3.05, 3.63) is 35.9 Å². The van der Waals surface area contributed by atoms with Crippen LogP contribution in [0.4, 0.5) is 0 Å². The molecule has 0 spiro atoms. The predicted octanol–water partition coefficient (Wildman–Crippen LogP) is -0.314. The largest absolute Gasteiger partial charge is 0.467 e. The maximum Gasteiger partial charge on any atom is 0.329 e. The number of rotatable bonds is 4. The van der Waals surface area contributed by atoms with Crippen molar-refractivity contribution in [2.75, 3.05) is 44.9 Å². The number of hydrogen-bond acceptors (Lipinski definition) is 7. The van der Waals surface area contributed by atoms with E-state index in [0.29, 0.717) is 26.2 Å². The molecule has 8 nitrogen and oxygen atoms in total. The van der Waals surface area contributed by atoms with Gasteiger partial charge >= 0.3 is 5.97 Å². The van der Waals surface area contributed by atoms with Gasteiger partial charge in [0.05, 0.1) is 25.2 Å². The van der Waals surface area contributed by atoms with Gasteiger partial charge in [0.25, 0.3) is 5.91 Å². The van der Waals surface area contributed by atoms with Crippen molar-refractivity contribution >= 4 is 21.7 Å². The van der Waals surface area contributed by atoms with Crippen LogP contribution in [0, 0.1) is 0 Å². The lowest BCUT2D eigenvalue weighted by Gasteiger charge is -2.38. The predicted molar refractivity (Wildman–Crippen MR) is 97.6 cm³/mol. The van der Waals surface area contributed by atoms with Crippen LogP contribution in [0.15, 0.2) is 30.3 Å². The van der Waals surface area contributed by atoms with Crippen LogP contribution in [-0.2, 0) is 35.4 Å². The summed E-state index contributed by atoms with van der Waals surface area (Å²) in [5, 5.41) is 0. The third kappa shape index (κ3) is 4.85. The molecule has 2 aliphatic heterocycles. The van der Waals surface area contributed by atoms with E-state index in [-0.39, 0.29) is 18.2 Å². The number of sulfone groups is 1. The molecule has 0 bridgehead atoms. The van der Waals surface area contributed by atoms with E-state index in [1.807, 2.05) is 30.3 Å². The Morgan fingerprint density at radius 3 is 2.67 bits per heavy atom. The zero-order valence-electron chi connectivity index (χ0n) is 15.2. The molecular weight excluding hydrogens is 372 g/mol. The molecule has 1 aromatic carbocycles. The van der Waals surface area contributed by atoms with Gasteiger partial charge < -0.3 is 14.4 Å². The van der Waals surface area contributed by atoms with E-state index in [0.717, 1.165) is 5.56 Å². The molecule has 0 saturated carbocycles. The lowest BCUT2D eigenvalue weighted by atomic mass is 10.1. The first-order valence-corrected chi connectivity index (χ1v) is 10.7. The summed E-state index contributed by atoms with van der Waals surface area (Å²) in [6.07, 6.45) is -0.726. The van der Waals surface area contributed by atoms with E-state index in [1.54, 1.807) is 0 Å². The molecule has 2 fully saturated rings. The molecule has 1 amide bonds. The molecule has 2 heterocycles. The number of methoxy groups -OCH3 is 1. The van der Waals surface area contributed by atoms with E-state index in [4.69, 9.17) is 9.47 Å². The number of nitrogens with zero attached hydrogens (tertiary/aromatic N) is 2. The van der Waals surface area contributed by atoms with Crippen LogP contribution in [0.1, 0.15) is 5.56 Å². The van der Waals surface area contributed by atoms with E-state index < -0.39 is 33.7 Å². The number of carbonyl (C=O) groups excluding carboxylic acids is 2. The fourth-order valence-corrected chi connectivity index (χ4v) is 4.86. The van der Waals surface area contributed by atoms with E-state index in [2.05, 4.69) is 4.90 Å². The van der Waals surface area contributed by atoms with Crippen molar-refractivity contribution in [3.63, 3.8) is 0 Å². The van der Waals surface area contributed by atoms with Crippen molar-refractivity contribution in [1.29, 1.82) is 0 Å². The second kappa shape index (κ2) is 8.37. The van der Waals surface area contributed by atoms with Gasteiger partial charge in [-0.3, -0.25) is 9.69 Å². The number of ether oxygens (including phenoxy) is 2. The lowest BCUT2D eigenvalue weighted by molar-refractivity contribution is -0.160. The van der Waals surface area contributed by atoms with E-state index in [1.165, 1.54) is 12.0 Å². The van der Waals surface area contributed by atoms with Crippen molar-refractivity contribution in [1.82, 2.24) is 9.80 Å². The van der Waals surface area contributed by atoms with Gasteiger partial charge in [-0.1, -0.05) is 30.3 Å². The van der Waals surface area contributed by atoms with Crippen LogP contribution in [-0.4, -0.2) is 87.1 Å². The molecule has 2 atom stereocenters. The van der Waals surface area contributed by atoms with Gasteiger partial charge in [0.15, 0.2) is 9.84 Å². The molecular formula is C18H24N2O6S. The summed E-state index contributed by atoms with van der Waals surface area (Å²) < 4.78 is 34.1. The summed E-state index contributed by atoms with van der Waals surface area (Å²) in [6.45, 7) is 2.17. The SMILES string of the molecule is COC(=O)C1CS(=O)(=O)CCN1C(=O)C1CN(Cc2ccccc2)CCO1. The number of esters is 1. The second-order valence-corrected chi connectivity index (χ2v) is 8.99. The molecule has 0 N–H and O–H groups in total. The van der Waals surface area contributed by atoms with Gasteiger partial charge in [-0.05, 0) is 5.56 Å². The Hall–Kier alpha value is -1.97. The molecule has 3 rings (SSSR count). The number of morpholine rings is 1. The Labute approximate surface area is 158 Å². The minimum Gasteiger partial charge on any atom is -0.467 e. The summed E-state index contributed by atoms with van der Waals surface area (Å²) in [4.78, 5) is 28.4. The maximum atomic E-state index is 13.0. The molecule has 0 aromatic heterocycles. The first-order chi connectivity index (χ1) is 12.9. The third-order valence-corrected chi connectivity index (χ3v) is 6.49. The highest BCUT2D eigenvalue weighted by atomic mass is 32.2. The zero-order valence-corrected chi connectivity index (χ0v) is 16.1. The topological polar surface area (TPSA) is 93.2 Å².